The van der Waals surface area contributed by atoms with Gasteiger partial charge in [0, 0.05) is 19.1 Å². The van der Waals surface area contributed by atoms with E-state index in [4.69, 9.17) is 5.11 Å². The molecule has 2 N–H and O–H groups in total. The minimum absolute atomic E-state index is 0.0642. The largest absolute Gasteiger partial charge is 0.396 e. The van der Waals surface area contributed by atoms with Crippen molar-refractivity contribution in [2.75, 3.05) is 6.61 Å². The summed E-state index contributed by atoms with van der Waals surface area (Å²) in [5.74, 6) is 0.222. The van der Waals surface area contributed by atoms with E-state index in [1.807, 2.05) is 13.8 Å². The average molecular weight is 187 g/mol. The standard InChI is InChI=1S/C10H21NO2/c1-4-5-6-10(13)11-9(3)8(2)7-12/h8-9,12H,4-7H2,1-3H3,(H,11,13). The van der Waals surface area contributed by atoms with Gasteiger partial charge in [-0.05, 0) is 19.3 Å². The third-order valence-electron chi connectivity index (χ3n) is 2.29. The number of carbonyl (C=O) groups excluding carboxylic acids is 1. The first-order valence-electron chi connectivity index (χ1n) is 5.02. The predicted molar refractivity (Wildman–Crippen MR) is 53.4 cm³/mol. The van der Waals surface area contributed by atoms with E-state index in [2.05, 4.69) is 12.2 Å². The Kier molecular flexibility index (Phi) is 6.59. The summed E-state index contributed by atoms with van der Waals surface area (Å²) < 4.78 is 0. The molecule has 3 nitrogen and oxygen atoms in total. The van der Waals surface area contributed by atoms with E-state index in [1.54, 1.807) is 0 Å². The van der Waals surface area contributed by atoms with Crippen LogP contribution in [-0.4, -0.2) is 23.7 Å². The molecule has 0 aromatic carbocycles. The fourth-order valence-corrected chi connectivity index (χ4v) is 0.964. The van der Waals surface area contributed by atoms with E-state index in [0.717, 1.165) is 12.8 Å². The van der Waals surface area contributed by atoms with Crippen LogP contribution in [0.1, 0.15) is 40.0 Å². The Morgan fingerprint density at radius 3 is 2.54 bits per heavy atom. The Labute approximate surface area is 80.5 Å². The summed E-state index contributed by atoms with van der Waals surface area (Å²) in [4.78, 5) is 11.2. The van der Waals surface area contributed by atoms with Crippen molar-refractivity contribution in [3.63, 3.8) is 0 Å². The molecule has 3 heteroatoms. The molecule has 0 heterocycles. The zero-order valence-electron chi connectivity index (χ0n) is 8.84. The first-order valence-corrected chi connectivity index (χ1v) is 5.02. The van der Waals surface area contributed by atoms with Crippen LogP contribution >= 0.6 is 0 Å². The van der Waals surface area contributed by atoms with Crippen molar-refractivity contribution >= 4 is 5.91 Å². The van der Waals surface area contributed by atoms with E-state index in [9.17, 15) is 4.79 Å². The van der Waals surface area contributed by atoms with Crippen LogP contribution in [-0.2, 0) is 4.79 Å². The van der Waals surface area contributed by atoms with Crippen molar-refractivity contribution in [3.05, 3.63) is 0 Å². The third-order valence-corrected chi connectivity index (χ3v) is 2.29. The summed E-state index contributed by atoms with van der Waals surface area (Å²) in [6, 6.07) is 0.0642. The number of nitrogens with one attached hydrogen (secondary N) is 1. The second kappa shape index (κ2) is 6.89. The van der Waals surface area contributed by atoms with E-state index in [-0.39, 0.29) is 24.5 Å². The minimum atomic E-state index is 0.0642. The van der Waals surface area contributed by atoms with Crippen LogP contribution in [0, 0.1) is 5.92 Å². The maximum absolute atomic E-state index is 11.2. The molecule has 0 radical (unpaired) electrons. The van der Waals surface area contributed by atoms with Gasteiger partial charge in [0.1, 0.15) is 0 Å². The van der Waals surface area contributed by atoms with Gasteiger partial charge in [-0.1, -0.05) is 20.3 Å². The molecule has 0 aliphatic heterocycles. The van der Waals surface area contributed by atoms with E-state index in [0.29, 0.717) is 6.42 Å². The van der Waals surface area contributed by atoms with Crippen LogP contribution in [0.3, 0.4) is 0 Å². The Morgan fingerprint density at radius 1 is 1.46 bits per heavy atom. The number of rotatable bonds is 6. The number of carbonyl (C=O) groups is 1. The normalized spacial score (nSPS) is 15.1. The first-order chi connectivity index (χ1) is 6.11. The minimum Gasteiger partial charge on any atom is -0.396 e. The molecule has 0 saturated carbocycles. The van der Waals surface area contributed by atoms with Gasteiger partial charge in [0.05, 0.1) is 0 Å². The molecule has 0 bridgehead atoms. The average Bonchev–Trinajstić information content (AvgIpc) is 2.13. The molecule has 0 aliphatic rings. The molecular formula is C10H21NO2. The van der Waals surface area contributed by atoms with Gasteiger partial charge in [-0.2, -0.15) is 0 Å². The van der Waals surface area contributed by atoms with Gasteiger partial charge in [-0.3, -0.25) is 4.79 Å². The summed E-state index contributed by atoms with van der Waals surface area (Å²) in [6.07, 6.45) is 2.57. The van der Waals surface area contributed by atoms with E-state index in [1.165, 1.54) is 0 Å². The fraction of sp³-hybridized carbons (Fsp3) is 0.900. The number of amides is 1. The Hall–Kier alpha value is -0.570. The van der Waals surface area contributed by atoms with E-state index >= 15 is 0 Å². The maximum Gasteiger partial charge on any atom is 0.220 e. The molecule has 13 heavy (non-hydrogen) atoms. The lowest BCUT2D eigenvalue weighted by atomic mass is 10.1. The van der Waals surface area contributed by atoms with Crippen LogP contribution in [0.25, 0.3) is 0 Å². The molecule has 78 valence electrons. The van der Waals surface area contributed by atoms with Crippen LogP contribution in [0.15, 0.2) is 0 Å². The molecule has 0 aromatic rings. The lowest BCUT2D eigenvalue weighted by molar-refractivity contribution is -0.122. The topological polar surface area (TPSA) is 49.3 Å². The van der Waals surface area contributed by atoms with Crippen molar-refractivity contribution in [1.29, 1.82) is 0 Å². The third kappa shape index (κ3) is 5.64. The molecule has 0 aromatic heterocycles. The van der Waals surface area contributed by atoms with Gasteiger partial charge in [0.2, 0.25) is 5.91 Å². The summed E-state index contributed by atoms with van der Waals surface area (Å²) in [6.45, 7) is 6.03. The second-order valence-corrected chi connectivity index (χ2v) is 3.62. The van der Waals surface area contributed by atoms with Gasteiger partial charge in [-0.15, -0.1) is 0 Å². The van der Waals surface area contributed by atoms with Crippen LogP contribution in [0.2, 0.25) is 0 Å². The fourth-order valence-electron chi connectivity index (χ4n) is 0.964. The van der Waals surface area contributed by atoms with Gasteiger partial charge in [0.15, 0.2) is 0 Å². The van der Waals surface area contributed by atoms with Gasteiger partial charge >= 0.3 is 0 Å². The lowest BCUT2D eigenvalue weighted by Crippen LogP contribution is -2.38. The molecule has 2 unspecified atom stereocenters. The Bertz CT molecular complexity index is 148. The summed E-state index contributed by atoms with van der Waals surface area (Å²) in [7, 11) is 0. The quantitative estimate of drug-likeness (QED) is 0.658. The Balaban J connectivity index is 3.64. The second-order valence-electron chi connectivity index (χ2n) is 3.62. The highest BCUT2D eigenvalue weighted by Gasteiger charge is 2.12. The zero-order valence-corrected chi connectivity index (χ0v) is 8.84. The molecule has 1 amide bonds. The highest BCUT2D eigenvalue weighted by molar-refractivity contribution is 5.76. The number of hydrogen-bond donors (Lipinski definition) is 2. The van der Waals surface area contributed by atoms with Crippen molar-refractivity contribution < 1.29 is 9.90 Å². The molecule has 0 fully saturated rings. The molecule has 0 aliphatic carbocycles. The first kappa shape index (κ1) is 12.4. The van der Waals surface area contributed by atoms with Crippen molar-refractivity contribution in [3.8, 4) is 0 Å². The Morgan fingerprint density at radius 2 is 2.08 bits per heavy atom. The van der Waals surface area contributed by atoms with E-state index < -0.39 is 0 Å². The number of aliphatic hydroxyl groups is 1. The number of aliphatic hydroxyl groups excluding tert-OH is 1. The van der Waals surface area contributed by atoms with Gasteiger partial charge in [-0.25, -0.2) is 0 Å². The molecular weight excluding hydrogens is 166 g/mol. The molecule has 2 atom stereocenters. The van der Waals surface area contributed by atoms with Crippen LogP contribution < -0.4 is 5.32 Å². The molecule has 0 saturated heterocycles. The van der Waals surface area contributed by atoms with Crippen LogP contribution in [0.4, 0.5) is 0 Å². The van der Waals surface area contributed by atoms with Crippen molar-refractivity contribution in [2.45, 2.75) is 46.1 Å². The van der Waals surface area contributed by atoms with Crippen LogP contribution in [0.5, 0.6) is 0 Å². The van der Waals surface area contributed by atoms with Crippen molar-refractivity contribution in [1.82, 2.24) is 5.32 Å². The number of unbranched alkanes of at least 4 members (excludes halogenated alkanes) is 1. The molecule has 0 spiro atoms. The van der Waals surface area contributed by atoms with Gasteiger partial charge in [0.25, 0.3) is 0 Å². The summed E-state index contributed by atoms with van der Waals surface area (Å²) in [5.41, 5.74) is 0. The maximum atomic E-state index is 11.2. The number of hydrogen-bond acceptors (Lipinski definition) is 2. The SMILES string of the molecule is CCCCC(=O)NC(C)C(C)CO. The zero-order chi connectivity index (χ0) is 10.3. The van der Waals surface area contributed by atoms with Gasteiger partial charge < -0.3 is 10.4 Å². The summed E-state index contributed by atoms with van der Waals surface area (Å²) >= 11 is 0. The van der Waals surface area contributed by atoms with Crippen molar-refractivity contribution in [2.24, 2.45) is 5.92 Å². The smallest absolute Gasteiger partial charge is 0.220 e. The highest BCUT2D eigenvalue weighted by Crippen LogP contribution is 2.02. The lowest BCUT2D eigenvalue weighted by Gasteiger charge is -2.19. The monoisotopic (exact) mass is 187 g/mol. The summed E-state index contributed by atoms with van der Waals surface area (Å²) in [5, 5.41) is 11.7. The highest BCUT2D eigenvalue weighted by atomic mass is 16.3. The predicted octanol–water partition coefficient (Wildman–Crippen LogP) is 1.31. The molecule has 0 rings (SSSR count).